The maximum absolute atomic E-state index is 11.6. The lowest BCUT2D eigenvalue weighted by Crippen LogP contribution is -2.29. The Balaban J connectivity index is 2.06. The van der Waals surface area contributed by atoms with Crippen LogP contribution in [-0.2, 0) is 0 Å². The number of amides is 2. The molecule has 0 aromatic heterocycles. The van der Waals surface area contributed by atoms with Crippen molar-refractivity contribution in [2.24, 2.45) is 0 Å². The normalized spacial score (nSPS) is 10.2. The van der Waals surface area contributed by atoms with Crippen molar-refractivity contribution in [1.29, 1.82) is 0 Å². The lowest BCUT2D eigenvalue weighted by Gasteiger charge is -2.07. The molecule has 0 aliphatic heterocycles. The third kappa shape index (κ3) is 7.78. The van der Waals surface area contributed by atoms with Gasteiger partial charge in [-0.1, -0.05) is 39.0 Å². The average Bonchev–Trinajstić information content (AvgIpc) is 2.40. The van der Waals surface area contributed by atoms with Crippen LogP contribution in [0.3, 0.4) is 0 Å². The Kier molecular flexibility index (Phi) is 8.14. The molecule has 4 heteroatoms. The van der Waals surface area contributed by atoms with E-state index in [1.807, 2.05) is 24.3 Å². The van der Waals surface area contributed by atoms with Crippen LogP contribution in [0, 0.1) is 0 Å². The van der Waals surface area contributed by atoms with Crippen molar-refractivity contribution in [1.82, 2.24) is 5.32 Å². The molecule has 0 bridgehead atoms. The second-order valence-electron chi connectivity index (χ2n) is 4.70. The van der Waals surface area contributed by atoms with Crippen molar-refractivity contribution >= 4 is 24.3 Å². The Bertz CT molecular complexity index is 365. The van der Waals surface area contributed by atoms with Crippen LogP contribution in [0.25, 0.3) is 0 Å². The van der Waals surface area contributed by atoms with E-state index in [1.54, 1.807) is 0 Å². The topological polar surface area (TPSA) is 41.1 Å². The van der Waals surface area contributed by atoms with Gasteiger partial charge in [0, 0.05) is 17.1 Å². The number of unbranched alkanes of at least 4 members (excludes halogenated alkanes) is 5. The Hall–Kier alpha value is -1.16. The van der Waals surface area contributed by atoms with Gasteiger partial charge in [0.2, 0.25) is 0 Å². The second kappa shape index (κ2) is 9.73. The molecule has 2 amide bonds. The standard InChI is InChI=1S/C15H24N2OS/c1-2-3-4-5-6-7-12-16-15(18)17-13-8-10-14(19)11-9-13/h8-11,19H,2-7,12H2,1H3,(H2,16,17,18). The molecule has 1 rings (SSSR count). The number of carbonyl (C=O) groups excluding carboxylic acids is 1. The van der Waals surface area contributed by atoms with Crippen LogP contribution in [-0.4, -0.2) is 12.6 Å². The highest BCUT2D eigenvalue weighted by Gasteiger charge is 2.00. The predicted octanol–water partition coefficient (Wildman–Crippen LogP) is 4.46. The first-order valence-electron chi connectivity index (χ1n) is 7.06. The molecule has 2 N–H and O–H groups in total. The monoisotopic (exact) mass is 280 g/mol. The van der Waals surface area contributed by atoms with Crippen LogP contribution in [0.4, 0.5) is 10.5 Å². The average molecular weight is 280 g/mol. The van der Waals surface area contributed by atoms with Gasteiger partial charge in [0.05, 0.1) is 0 Å². The summed E-state index contributed by atoms with van der Waals surface area (Å²) in [5.41, 5.74) is 0.790. The maximum atomic E-state index is 11.6. The first kappa shape index (κ1) is 15.9. The molecular formula is C15H24N2OS. The molecular weight excluding hydrogens is 256 g/mol. The van der Waals surface area contributed by atoms with Crippen LogP contribution in [0.2, 0.25) is 0 Å². The molecule has 0 radical (unpaired) electrons. The zero-order valence-electron chi connectivity index (χ0n) is 11.6. The fourth-order valence-corrected chi connectivity index (χ4v) is 1.98. The molecule has 0 aliphatic carbocycles. The lowest BCUT2D eigenvalue weighted by atomic mass is 10.1. The number of hydrogen-bond donors (Lipinski definition) is 3. The molecule has 3 nitrogen and oxygen atoms in total. The fraction of sp³-hybridized carbons (Fsp3) is 0.533. The number of thiol groups is 1. The summed E-state index contributed by atoms with van der Waals surface area (Å²) in [5, 5.41) is 5.66. The summed E-state index contributed by atoms with van der Waals surface area (Å²) >= 11 is 4.20. The SMILES string of the molecule is CCCCCCCCNC(=O)Nc1ccc(S)cc1. The van der Waals surface area contributed by atoms with Crippen molar-refractivity contribution < 1.29 is 4.79 Å². The highest BCUT2D eigenvalue weighted by Crippen LogP contribution is 2.11. The highest BCUT2D eigenvalue weighted by molar-refractivity contribution is 7.80. The number of urea groups is 1. The number of anilines is 1. The van der Waals surface area contributed by atoms with Crippen LogP contribution >= 0.6 is 12.6 Å². The minimum absolute atomic E-state index is 0.138. The molecule has 0 atom stereocenters. The van der Waals surface area contributed by atoms with Gasteiger partial charge in [0.25, 0.3) is 0 Å². The molecule has 0 fully saturated rings. The highest BCUT2D eigenvalue weighted by atomic mass is 32.1. The molecule has 0 aliphatic rings. The van der Waals surface area contributed by atoms with Crippen molar-refractivity contribution in [3.63, 3.8) is 0 Å². The van der Waals surface area contributed by atoms with Gasteiger partial charge >= 0.3 is 6.03 Å². The molecule has 0 heterocycles. The number of benzene rings is 1. The van der Waals surface area contributed by atoms with E-state index < -0.39 is 0 Å². The number of carbonyl (C=O) groups is 1. The van der Waals surface area contributed by atoms with E-state index in [4.69, 9.17) is 0 Å². The van der Waals surface area contributed by atoms with Gasteiger partial charge in [-0.05, 0) is 30.7 Å². The van der Waals surface area contributed by atoms with E-state index in [-0.39, 0.29) is 6.03 Å². The zero-order chi connectivity index (χ0) is 13.9. The molecule has 0 unspecified atom stereocenters. The summed E-state index contributed by atoms with van der Waals surface area (Å²) in [6.45, 7) is 2.95. The van der Waals surface area contributed by atoms with Crippen LogP contribution in [0.15, 0.2) is 29.2 Å². The van der Waals surface area contributed by atoms with Crippen molar-refractivity contribution in [2.75, 3.05) is 11.9 Å². The molecule has 1 aromatic carbocycles. The summed E-state index contributed by atoms with van der Waals surface area (Å²) in [5.74, 6) is 0. The van der Waals surface area contributed by atoms with Gasteiger partial charge in [0.1, 0.15) is 0 Å². The molecule has 0 saturated heterocycles. The van der Waals surface area contributed by atoms with Gasteiger partial charge in [-0.3, -0.25) is 0 Å². The third-order valence-electron chi connectivity index (χ3n) is 2.94. The van der Waals surface area contributed by atoms with Crippen molar-refractivity contribution in [2.45, 2.75) is 50.3 Å². The Morgan fingerprint density at radius 3 is 2.37 bits per heavy atom. The summed E-state index contributed by atoms with van der Waals surface area (Å²) in [4.78, 5) is 12.5. The van der Waals surface area contributed by atoms with Gasteiger partial charge in [-0.25, -0.2) is 4.79 Å². The third-order valence-corrected chi connectivity index (χ3v) is 3.24. The van der Waals surface area contributed by atoms with Crippen LogP contribution in [0.1, 0.15) is 45.4 Å². The molecule has 0 spiro atoms. The fourth-order valence-electron chi connectivity index (χ4n) is 1.83. The first-order valence-corrected chi connectivity index (χ1v) is 7.51. The summed E-state index contributed by atoms with van der Waals surface area (Å²) in [6, 6.07) is 7.25. The van der Waals surface area contributed by atoms with E-state index in [0.29, 0.717) is 0 Å². The van der Waals surface area contributed by atoms with E-state index in [1.165, 1.54) is 32.1 Å². The Morgan fingerprint density at radius 1 is 1.05 bits per heavy atom. The van der Waals surface area contributed by atoms with E-state index in [9.17, 15) is 4.79 Å². The first-order chi connectivity index (χ1) is 9.22. The summed E-state index contributed by atoms with van der Waals surface area (Å²) in [7, 11) is 0. The number of nitrogens with one attached hydrogen (secondary N) is 2. The van der Waals surface area contributed by atoms with Crippen molar-refractivity contribution in [3.05, 3.63) is 24.3 Å². The van der Waals surface area contributed by atoms with Gasteiger partial charge in [-0.2, -0.15) is 0 Å². The number of hydrogen-bond acceptors (Lipinski definition) is 2. The number of rotatable bonds is 8. The predicted molar refractivity (Wildman–Crippen MR) is 84.1 cm³/mol. The summed E-state index contributed by atoms with van der Waals surface area (Å²) in [6.07, 6.45) is 7.39. The van der Waals surface area contributed by atoms with E-state index in [0.717, 1.165) is 23.5 Å². The Labute approximate surface area is 121 Å². The van der Waals surface area contributed by atoms with E-state index >= 15 is 0 Å². The Morgan fingerprint density at radius 2 is 1.68 bits per heavy atom. The molecule has 106 valence electrons. The van der Waals surface area contributed by atoms with Crippen LogP contribution < -0.4 is 10.6 Å². The maximum Gasteiger partial charge on any atom is 0.319 e. The second-order valence-corrected chi connectivity index (χ2v) is 5.21. The summed E-state index contributed by atoms with van der Waals surface area (Å²) < 4.78 is 0. The zero-order valence-corrected chi connectivity index (χ0v) is 12.5. The van der Waals surface area contributed by atoms with E-state index in [2.05, 4.69) is 30.2 Å². The molecule has 0 saturated carbocycles. The van der Waals surface area contributed by atoms with Gasteiger partial charge in [0.15, 0.2) is 0 Å². The quantitative estimate of drug-likeness (QED) is 0.477. The molecule has 1 aromatic rings. The van der Waals surface area contributed by atoms with Gasteiger partial charge < -0.3 is 10.6 Å². The largest absolute Gasteiger partial charge is 0.338 e. The van der Waals surface area contributed by atoms with Crippen molar-refractivity contribution in [3.8, 4) is 0 Å². The van der Waals surface area contributed by atoms with Crippen LogP contribution in [0.5, 0.6) is 0 Å². The molecule has 19 heavy (non-hydrogen) atoms. The smallest absolute Gasteiger partial charge is 0.319 e. The van der Waals surface area contributed by atoms with Gasteiger partial charge in [-0.15, -0.1) is 12.6 Å². The minimum atomic E-state index is -0.138. The minimum Gasteiger partial charge on any atom is -0.338 e. The lowest BCUT2D eigenvalue weighted by molar-refractivity contribution is 0.252.